The maximum absolute atomic E-state index is 2.44. The zero-order valence-corrected chi connectivity index (χ0v) is 9.68. The Hall–Kier alpha value is 0. The van der Waals surface area contributed by atoms with Gasteiger partial charge in [-0.25, -0.2) is 0 Å². The first-order chi connectivity index (χ1) is 6.24. The van der Waals surface area contributed by atoms with E-state index in [0.717, 1.165) is 17.8 Å². The van der Waals surface area contributed by atoms with Crippen LogP contribution in [0.15, 0.2) is 0 Å². The van der Waals surface area contributed by atoms with Gasteiger partial charge in [-0.3, -0.25) is 0 Å². The first-order valence-corrected chi connectivity index (χ1v) is 6.24. The topological polar surface area (TPSA) is 0 Å². The van der Waals surface area contributed by atoms with E-state index in [4.69, 9.17) is 0 Å². The van der Waals surface area contributed by atoms with Crippen molar-refractivity contribution in [2.24, 2.45) is 17.8 Å². The van der Waals surface area contributed by atoms with Crippen molar-refractivity contribution in [2.75, 3.05) is 0 Å². The molecule has 0 bridgehead atoms. The summed E-state index contributed by atoms with van der Waals surface area (Å²) in [4.78, 5) is 0. The van der Waals surface area contributed by atoms with Gasteiger partial charge in [0.05, 0.1) is 0 Å². The van der Waals surface area contributed by atoms with Crippen LogP contribution in [0, 0.1) is 17.8 Å². The molecule has 3 atom stereocenters. The molecule has 13 heavy (non-hydrogen) atoms. The third kappa shape index (κ3) is 3.70. The van der Waals surface area contributed by atoms with E-state index in [0.29, 0.717) is 0 Å². The van der Waals surface area contributed by atoms with Crippen molar-refractivity contribution in [2.45, 2.75) is 65.7 Å². The molecule has 1 rings (SSSR count). The molecule has 0 radical (unpaired) electrons. The van der Waals surface area contributed by atoms with Gasteiger partial charge in [0.15, 0.2) is 0 Å². The number of unbranched alkanes of at least 4 members (excludes halogenated alkanes) is 2. The number of hydrogen-bond acceptors (Lipinski definition) is 0. The quantitative estimate of drug-likeness (QED) is 0.556. The zero-order chi connectivity index (χ0) is 9.68. The van der Waals surface area contributed by atoms with Gasteiger partial charge < -0.3 is 0 Å². The van der Waals surface area contributed by atoms with Crippen LogP contribution in [0.5, 0.6) is 0 Å². The summed E-state index contributed by atoms with van der Waals surface area (Å²) in [5, 5.41) is 0. The highest BCUT2D eigenvalue weighted by Crippen LogP contribution is 2.35. The van der Waals surface area contributed by atoms with Crippen LogP contribution in [0.4, 0.5) is 0 Å². The molecule has 1 aliphatic rings. The molecule has 0 aliphatic heterocycles. The third-order valence-corrected chi connectivity index (χ3v) is 3.92. The van der Waals surface area contributed by atoms with Crippen LogP contribution in [0.3, 0.4) is 0 Å². The van der Waals surface area contributed by atoms with E-state index in [1.807, 2.05) is 0 Å². The van der Waals surface area contributed by atoms with Gasteiger partial charge in [-0.15, -0.1) is 0 Å². The number of hydrogen-bond donors (Lipinski definition) is 0. The molecular weight excluding hydrogens is 156 g/mol. The van der Waals surface area contributed by atoms with E-state index >= 15 is 0 Å². The van der Waals surface area contributed by atoms with Crippen LogP contribution in [0.1, 0.15) is 65.7 Å². The maximum Gasteiger partial charge on any atom is -0.0412 e. The Morgan fingerprint density at radius 3 is 2.38 bits per heavy atom. The lowest BCUT2D eigenvalue weighted by atomic mass is 9.74. The van der Waals surface area contributed by atoms with E-state index in [-0.39, 0.29) is 0 Å². The van der Waals surface area contributed by atoms with Gasteiger partial charge in [0.2, 0.25) is 0 Å². The van der Waals surface area contributed by atoms with Crippen LogP contribution < -0.4 is 0 Å². The van der Waals surface area contributed by atoms with Crippen molar-refractivity contribution in [3.05, 3.63) is 0 Å². The fraction of sp³-hybridized carbons (Fsp3) is 1.00. The van der Waals surface area contributed by atoms with Crippen LogP contribution in [-0.2, 0) is 0 Å². The predicted octanol–water partition coefficient (Wildman–Crippen LogP) is 4.64. The van der Waals surface area contributed by atoms with Crippen molar-refractivity contribution < 1.29 is 0 Å². The SMILES string of the molecule is CCCCCC1CCC(C)C(C)C1. The molecule has 0 saturated heterocycles. The van der Waals surface area contributed by atoms with Crippen LogP contribution in [0.25, 0.3) is 0 Å². The van der Waals surface area contributed by atoms with Crippen molar-refractivity contribution in [3.8, 4) is 0 Å². The molecule has 0 heterocycles. The summed E-state index contributed by atoms with van der Waals surface area (Å²) >= 11 is 0. The molecule has 0 amide bonds. The highest BCUT2D eigenvalue weighted by molar-refractivity contribution is 4.75. The van der Waals surface area contributed by atoms with Gasteiger partial charge >= 0.3 is 0 Å². The molecule has 0 spiro atoms. The molecule has 0 heteroatoms. The van der Waals surface area contributed by atoms with Crippen molar-refractivity contribution in [1.82, 2.24) is 0 Å². The van der Waals surface area contributed by atoms with E-state index in [9.17, 15) is 0 Å². The third-order valence-electron chi connectivity index (χ3n) is 3.92. The minimum absolute atomic E-state index is 0.986. The normalized spacial score (nSPS) is 34.8. The molecule has 1 fully saturated rings. The maximum atomic E-state index is 2.44. The lowest BCUT2D eigenvalue weighted by molar-refractivity contribution is 0.197. The van der Waals surface area contributed by atoms with Crippen molar-refractivity contribution in [3.63, 3.8) is 0 Å². The second-order valence-corrected chi connectivity index (χ2v) is 5.13. The Labute approximate surface area is 84.1 Å². The van der Waals surface area contributed by atoms with Crippen molar-refractivity contribution in [1.29, 1.82) is 0 Å². The summed E-state index contributed by atoms with van der Waals surface area (Å²) in [6.07, 6.45) is 10.3. The first-order valence-electron chi connectivity index (χ1n) is 6.24. The highest BCUT2D eigenvalue weighted by Gasteiger charge is 2.23. The Morgan fingerprint density at radius 1 is 1.00 bits per heavy atom. The Morgan fingerprint density at radius 2 is 1.77 bits per heavy atom. The molecule has 78 valence electrons. The van der Waals surface area contributed by atoms with Gasteiger partial charge in [0.25, 0.3) is 0 Å². The second kappa shape index (κ2) is 5.67. The second-order valence-electron chi connectivity index (χ2n) is 5.13. The van der Waals surface area contributed by atoms with E-state index in [2.05, 4.69) is 20.8 Å². The standard InChI is InChI=1S/C13H26/c1-4-5-6-7-13-9-8-11(2)12(3)10-13/h11-13H,4-10H2,1-3H3. The average molecular weight is 182 g/mol. The van der Waals surface area contributed by atoms with E-state index < -0.39 is 0 Å². The van der Waals surface area contributed by atoms with Crippen LogP contribution in [0.2, 0.25) is 0 Å². The fourth-order valence-corrected chi connectivity index (χ4v) is 2.60. The predicted molar refractivity (Wildman–Crippen MR) is 59.8 cm³/mol. The molecule has 0 aromatic carbocycles. The zero-order valence-electron chi connectivity index (χ0n) is 9.68. The van der Waals surface area contributed by atoms with E-state index in [1.165, 1.54) is 44.9 Å². The Kier molecular flexibility index (Phi) is 4.83. The summed E-state index contributed by atoms with van der Waals surface area (Å²) in [7, 11) is 0. The fourth-order valence-electron chi connectivity index (χ4n) is 2.60. The molecule has 1 aliphatic carbocycles. The monoisotopic (exact) mass is 182 g/mol. The van der Waals surface area contributed by atoms with Gasteiger partial charge in [-0.2, -0.15) is 0 Å². The summed E-state index contributed by atoms with van der Waals surface area (Å²) in [5.41, 5.74) is 0. The minimum atomic E-state index is 0.986. The summed E-state index contributed by atoms with van der Waals surface area (Å²) in [6, 6.07) is 0. The summed E-state index contributed by atoms with van der Waals surface area (Å²) in [5.74, 6) is 3.04. The minimum Gasteiger partial charge on any atom is -0.0654 e. The molecule has 0 nitrogen and oxygen atoms in total. The van der Waals surface area contributed by atoms with Gasteiger partial charge in [-0.05, 0) is 24.2 Å². The lowest BCUT2D eigenvalue weighted by Gasteiger charge is -2.32. The first kappa shape index (κ1) is 11.1. The molecule has 0 N–H and O–H groups in total. The van der Waals surface area contributed by atoms with Gasteiger partial charge in [-0.1, -0.05) is 59.3 Å². The molecule has 3 unspecified atom stereocenters. The lowest BCUT2D eigenvalue weighted by Crippen LogP contribution is -2.20. The average Bonchev–Trinajstić information content (AvgIpc) is 2.12. The van der Waals surface area contributed by atoms with Crippen molar-refractivity contribution >= 4 is 0 Å². The largest absolute Gasteiger partial charge is 0.0654 e. The summed E-state index contributed by atoms with van der Waals surface area (Å²) < 4.78 is 0. The smallest absolute Gasteiger partial charge is 0.0412 e. The molecule has 0 aromatic heterocycles. The van der Waals surface area contributed by atoms with Gasteiger partial charge in [0.1, 0.15) is 0 Å². The molecule has 0 aromatic rings. The Bertz CT molecular complexity index is 128. The number of rotatable bonds is 4. The molecular formula is C13H26. The Balaban J connectivity index is 2.14. The summed E-state index contributed by atoms with van der Waals surface area (Å²) in [6.45, 7) is 7.16. The van der Waals surface area contributed by atoms with Crippen LogP contribution in [-0.4, -0.2) is 0 Å². The van der Waals surface area contributed by atoms with Crippen LogP contribution >= 0.6 is 0 Å². The highest BCUT2D eigenvalue weighted by atomic mass is 14.3. The van der Waals surface area contributed by atoms with E-state index in [1.54, 1.807) is 0 Å². The molecule has 1 saturated carbocycles. The van der Waals surface area contributed by atoms with Gasteiger partial charge in [0, 0.05) is 0 Å².